The minimum absolute atomic E-state index is 0. The number of carbonyl (C=O) groups is 4. The van der Waals surface area contributed by atoms with Crippen LogP contribution in [0.2, 0.25) is 0 Å². The molecule has 2 aromatic carbocycles. The van der Waals surface area contributed by atoms with Crippen LogP contribution in [-0.4, -0.2) is 113 Å². The zero-order valence-electron chi connectivity index (χ0n) is 47.8. The lowest BCUT2D eigenvalue weighted by Crippen LogP contribution is -3.00. The fourth-order valence-electron chi connectivity index (χ4n) is 9.38. The standard InChI is InChI=1S/C60H92N6O7.BrH/c1-15-16-44-65-48-33-24-22-31-46(48)59(11,12)50(65)35-19-17-20-36-51-60(13,14)47-32-23-25-34-49(47)66(51)45-26-18-21-37-52(67)61-38-29-42-63(54(69)72-57(5,6)7)40-27-28-41-64(55(70)73-58(8,9)10)43-30-39-62-53(68)71-56(2,3)4;/h17,19-20,22-25,31-36H,15-16,18,21,26-30,37-45H2,1-14H3,(H-,61,62,67,68);1H. The fraction of sp³-hybridized carbons (Fsp3) is 0.617. The molecule has 2 N–H and O–H groups in total. The van der Waals surface area contributed by atoms with E-state index in [1.165, 1.54) is 33.9 Å². The highest BCUT2D eigenvalue weighted by molar-refractivity contribution is 6.03. The van der Waals surface area contributed by atoms with E-state index >= 15 is 0 Å². The number of para-hydroxylation sites is 2. The number of fused-ring (bicyclic) bond motifs is 2. The Morgan fingerprint density at radius 1 is 0.622 bits per heavy atom. The topological polar surface area (TPSA) is 133 Å². The average Bonchev–Trinajstić information content (AvgIpc) is 3.64. The summed E-state index contributed by atoms with van der Waals surface area (Å²) in [6, 6.07) is 17.5. The summed E-state index contributed by atoms with van der Waals surface area (Å²) in [5.74, 6) is 0.00953. The van der Waals surface area contributed by atoms with Crippen LogP contribution in [0.25, 0.3) is 0 Å². The molecule has 0 radical (unpaired) electrons. The molecule has 0 unspecified atom stereocenters. The van der Waals surface area contributed by atoms with E-state index in [9.17, 15) is 19.2 Å². The Kier molecular flexibility index (Phi) is 24.5. The molecule has 0 atom stereocenters. The first-order chi connectivity index (χ1) is 34.2. The van der Waals surface area contributed by atoms with Crippen molar-refractivity contribution in [3.63, 3.8) is 0 Å². The molecule has 4 rings (SSSR count). The number of unbranched alkanes of at least 4 members (excludes halogenated alkanes) is 4. The van der Waals surface area contributed by atoms with Gasteiger partial charge in [-0.25, -0.2) is 14.4 Å². The molecule has 4 amide bonds. The first-order valence-electron chi connectivity index (χ1n) is 27.1. The second kappa shape index (κ2) is 28.7. The SMILES string of the molecule is CCCCN1C(=CC=CC=CC2=[N+](CCCCCC(=O)NCCCN(CCCCN(CCCNC(=O)OC(C)(C)C)C(=O)OC(C)(C)C)C(=O)OC(C)(C)C)c3ccccc3C2(C)C)C(C)(C)c2ccccc21.[Br-]. The zero-order valence-corrected chi connectivity index (χ0v) is 49.3. The number of halogens is 1. The Bertz CT molecular complexity index is 2280. The van der Waals surface area contributed by atoms with E-state index in [2.05, 4.69) is 134 Å². The van der Waals surface area contributed by atoms with Crippen molar-refractivity contribution in [3.8, 4) is 0 Å². The van der Waals surface area contributed by atoms with Crippen LogP contribution in [0.5, 0.6) is 0 Å². The Balaban J connectivity index is 0.0000144. The van der Waals surface area contributed by atoms with Gasteiger partial charge in [-0.05, 0) is 139 Å². The number of allylic oxidation sites excluding steroid dienone is 6. The van der Waals surface area contributed by atoms with Gasteiger partial charge in [0.25, 0.3) is 0 Å². The predicted octanol–water partition coefficient (Wildman–Crippen LogP) is 9.90. The van der Waals surface area contributed by atoms with Crippen molar-refractivity contribution in [1.29, 1.82) is 0 Å². The fourth-order valence-corrected chi connectivity index (χ4v) is 9.38. The number of hydrogen-bond acceptors (Lipinski definition) is 8. The molecule has 2 aromatic rings. The Hall–Kier alpha value is -5.11. The number of nitrogens with one attached hydrogen (secondary N) is 2. The molecule has 0 aromatic heterocycles. The summed E-state index contributed by atoms with van der Waals surface area (Å²) in [7, 11) is 0. The molecule has 0 fully saturated rings. The molecule has 0 spiro atoms. The molecule has 0 saturated carbocycles. The van der Waals surface area contributed by atoms with Crippen LogP contribution >= 0.6 is 0 Å². The third-order valence-electron chi connectivity index (χ3n) is 13.0. The summed E-state index contributed by atoms with van der Waals surface area (Å²) in [4.78, 5) is 57.4. The van der Waals surface area contributed by atoms with Gasteiger partial charge in [0.1, 0.15) is 23.3 Å². The highest BCUT2D eigenvalue weighted by Crippen LogP contribution is 2.47. The molecule has 2 aliphatic rings. The maximum absolute atomic E-state index is 13.3. The molecule has 2 aliphatic heterocycles. The van der Waals surface area contributed by atoms with E-state index in [1.54, 1.807) is 30.6 Å². The van der Waals surface area contributed by atoms with E-state index in [1.807, 2.05) is 41.5 Å². The minimum Gasteiger partial charge on any atom is -1.00 e. The molecular formula is C60H93BrN6O7. The monoisotopic (exact) mass is 1090 g/mol. The maximum atomic E-state index is 13.3. The number of nitrogens with zero attached hydrogens (tertiary/aromatic N) is 4. The zero-order chi connectivity index (χ0) is 54.0. The van der Waals surface area contributed by atoms with Crippen LogP contribution in [0, 0.1) is 0 Å². The molecule has 74 heavy (non-hydrogen) atoms. The quantitative estimate of drug-likeness (QED) is 0.0435. The van der Waals surface area contributed by atoms with Gasteiger partial charge in [-0.15, -0.1) is 0 Å². The van der Waals surface area contributed by atoms with Crippen LogP contribution in [0.15, 0.2) is 84.6 Å². The smallest absolute Gasteiger partial charge is 0.410 e. The van der Waals surface area contributed by atoms with Gasteiger partial charge in [-0.3, -0.25) is 4.79 Å². The summed E-state index contributed by atoms with van der Waals surface area (Å²) >= 11 is 0. The number of anilines is 1. The van der Waals surface area contributed by atoms with E-state index in [4.69, 9.17) is 14.2 Å². The highest BCUT2D eigenvalue weighted by atomic mass is 79.9. The number of hydrogen-bond donors (Lipinski definition) is 2. The number of amides is 4. The summed E-state index contributed by atoms with van der Waals surface area (Å²) in [5.41, 5.74) is 5.72. The van der Waals surface area contributed by atoms with Crippen LogP contribution in [-0.2, 0) is 29.8 Å². The van der Waals surface area contributed by atoms with E-state index in [-0.39, 0.29) is 33.7 Å². The molecule has 0 bridgehead atoms. The lowest BCUT2D eigenvalue weighted by atomic mass is 9.81. The van der Waals surface area contributed by atoms with Crippen molar-refractivity contribution in [2.45, 2.75) is 189 Å². The van der Waals surface area contributed by atoms with Crippen LogP contribution in [0.4, 0.5) is 25.8 Å². The summed E-state index contributed by atoms with van der Waals surface area (Å²) < 4.78 is 19.2. The van der Waals surface area contributed by atoms with Gasteiger partial charge in [-0.1, -0.05) is 81.8 Å². The van der Waals surface area contributed by atoms with Gasteiger partial charge < -0.3 is 56.5 Å². The van der Waals surface area contributed by atoms with E-state index in [0.717, 1.165) is 45.2 Å². The van der Waals surface area contributed by atoms with Gasteiger partial charge in [0.2, 0.25) is 11.6 Å². The maximum Gasteiger partial charge on any atom is 0.410 e. The lowest BCUT2D eigenvalue weighted by Gasteiger charge is -2.29. The second-order valence-electron chi connectivity index (χ2n) is 23.6. The summed E-state index contributed by atoms with van der Waals surface area (Å²) in [6.45, 7) is 32.3. The molecule has 0 saturated heterocycles. The largest absolute Gasteiger partial charge is 1.00 e. The molecule has 14 heteroatoms. The van der Waals surface area contributed by atoms with Crippen LogP contribution in [0.1, 0.15) is 172 Å². The van der Waals surface area contributed by atoms with Gasteiger partial charge in [0.15, 0.2) is 5.71 Å². The number of alkyl carbamates (subject to hydrolysis) is 1. The third-order valence-corrected chi connectivity index (χ3v) is 13.0. The van der Waals surface area contributed by atoms with Crippen molar-refractivity contribution in [1.82, 2.24) is 20.4 Å². The summed E-state index contributed by atoms with van der Waals surface area (Å²) in [6.07, 6.45) is 17.5. The Labute approximate surface area is 456 Å². The number of rotatable bonds is 25. The Morgan fingerprint density at radius 2 is 1.16 bits per heavy atom. The third kappa shape index (κ3) is 19.9. The average molecular weight is 1090 g/mol. The number of benzene rings is 2. The van der Waals surface area contributed by atoms with Gasteiger partial charge >= 0.3 is 18.3 Å². The first-order valence-corrected chi connectivity index (χ1v) is 27.1. The van der Waals surface area contributed by atoms with Gasteiger partial charge in [-0.2, -0.15) is 4.58 Å². The predicted molar refractivity (Wildman–Crippen MR) is 297 cm³/mol. The Morgan fingerprint density at radius 3 is 1.74 bits per heavy atom. The first kappa shape index (κ1) is 63.2. The molecule has 0 aliphatic carbocycles. The molecule has 2 heterocycles. The second-order valence-corrected chi connectivity index (χ2v) is 23.6. The number of ether oxygens (including phenoxy) is 3. The van der Waals surface area contributed by atoms with Crippen molar-refractivity contribution in [2.24, 2.45) is 0 Å². The summed E-state index contributed by atoms with van der Waals surface area (Å²) in [5, 5.41) is 5.81. The molecule has 412 valence electrons. The van der Waals surface area contributed by atoms with Crippen LogP contribution < -0.4 is 32.5 Å². The van der Waals surface area contributed by atoms with Crippen molar-refractivity contribution in [3.05, 3.63) is 95.7 Å². The molecule has 13 nitrogen and oxygen atoms in total. The number of carbonyl (C=O) groups excluding carboxylic acids is 4. The van der Waals surface area contributed by atoms with E-state index < -0.39 is 35.1 Å². The van der Waals surface area contributed by atoms with Crippen molar-refractivity contribution < 1.29 is 54.9 Å². The highest BCUT2D eigenvalue weighted by Gasteiger charge is 2.44. The van der Waals surface area contributed by atoms with Crippen molar-refractivity contribution >= 4 is 41.3 Å². The lowest BCUT2D eigenvalue weighted by molar-refractivity contribution is -0.438. The normalized spacial score (nSPS) is 15.5. The molecular weight excluding hydrogens is 997 g/mol. The van der Waals surface area contributed by atoms with Gasteiger partial charge in [0.05, 0.1) is 5.41 Å². The van der Waals surface area contributed by atoms with Crippen LogP contribution in [0.3, 0.4) is 0 Å². The van der Waals surface area contributed by atoms with Crippen molar-refractivity contribution in [2.75, 3.05) is 57.3 Å². The minimum atomic E-state index is -0.665. The van der Waals surface area contributed by atoms with Gasteiger partial charge in [0, 0.05) is 93.2 Å². The van der Waals surface area contributed by atoms with E-state index in [0.29, 0.717) is 71.4 Å².